The van der Waals surface area contributed by atoms with Gasteiger partial charge < -0.3 is 5.32 Å². The van der Waals surface area contributed by atoms with Crippen LogP contribution in [0.15, 0.2) is 0 Å². The SMILES string of the molecule is N#CC(NC(=O)C1CCS(=O)(=O)C1)C1CCCCC1. The van der Waals surface area contributed by atoms with Gasteiger partial charge in [0.1, 0.15) is 6.04 Å². The smallest absolute Gasteiger partial charge is 0.225 e. The molecule has 0 radical (unpaired) electrons. The highest BCUT2D eigenvalue weighted by Crippen LogP contribution is 2.27. The number of sulfone groups is 1. The third kappa shape index (κ3) is 3.69. The lowest BCUT2D eigenvalue weighted by Crippen LogP contribution is -2.43. The number of nitrogens with zero attached hydrogens (tertiary/aromatic N) is 1. The molecule has 1 saturated carbocycles. The van der Waals surface area contributed by atoms with Crippen LogP contribution in [0.4, 0.5) is 0 Å². The van der Waals surface area contributed by atoms with E-state index in [1.54, 1.807) is 0 Å². The second-order valence-electron chi connectivity index (χ2n) is 5.61. The normalized spacial score (nSPS) is 28.5. The van der Waals surface area contributed by atoms with Crippen molar-refractivity contribution in [2.24, 2.45) is 11.8 Å². The lowest BCUT2D eigenvalue weighted by Gasteiger charge is -2.27. The highest BCUT2D eigenvalue weighted by Gasteiger charge is 2.35. The van der Waals surface area contributed by atoms with Crippen molar-refractivity contribution in [3.63, 3.8) is 0 Å². The van der Waals surface area contributed by atoms with Gasteiger partial charge in [-0.25, -0.2) is 8.42 Å². The molecule has 1 amide bonds. The predicted octanol–water partition coefficient (Wildman–Crippen LogP) is 1.01. The van der Waals surface area contributed by atoms with E-state index in [4.69, 9.17) is 0 Å². The van der Waals surface area contributed by atoms with E-state index in [-0.39, 0.29) is 23.3 Å². The van der Waals surface area contributed by atoms with Crippen LogP contribution in [0.1, 0.15) is 38.5 Å². The van der Waals surface area contributed by atoms with Crippen molar-refractivity contribution in [1.29, 1.82) is 5.26 Å². The molecule has 1 saturated heterocycles. The minimum atomic E-state index is -3.05. The first-order chi connectivity index (χ1) is 9.02. The molecule has 19 heavy (non-hydrogen) atoms. The van der Waals surface area contributed by atoms with Crippen LogP contribution in [0.25, 0.3) is 0 Å². The molecule has 2 aliphatic rings. The fourth-order valence-corrected chi connectivity index (χ4v) is 4.74. The first-order valence-electron chi connectivity index (χ1n) is 6.92. The molecular weight excluding hydrogens is 264 g/mol. The first kappa shape index (κ1) is 14.3. The van der Waals surface area contributed by atoms with Gasteiger partial charge in [-0.2, -0.15) is 5.26 Å². The molecule has 2 rings (SSSR count). The lowest BCUT2D eigenvalue weighted by atomic mass is 9.84. The molecule has 1 aliphatic carbocycles. The summed E-state index contributed by atoms with van der Waals surface area (Å²) in [5.74, 6) is -0.490. The van der Waals surface area contributed by atoms with Crippen LogP contribution in [0, 0.1) is 23.2 Å². The zero-order chi connectivity index (χ0) is 13.9. The van der Waals surface area contributed by atoms with Crippen molar-refractivity contribution in [2.75, 3.05) is 11.5 Å². The van der Waals surface area contributed by atoms with Crippen molar-refractivity contribution in [3.8, 4) is 6.07 Å². The number of nitrogens with one attached hydrogen (secondary N) is 1. The van der Waals surface area contributed by atoms with Crippen molar-refractivity contribution in [1.82, 2.24) is 5.32 Å². The van der Waals surface area contributed by atoms with Gasteiger partial charge in [0.25, 0.3) is 0 Å². The highest BCUT2D eigenvalue weighted by molar-refractivity contribution is 7.91. The minimum absolute atomic E-state index is 0.0678. The number of hydrogen-bond acceptors (Lipinski definition) is 4. The van der Waals surface area contributed by atoms with Crippen molar-refractivity contribution < 1.29 is 13.2 Å². The Morgan fingerprint density at radius 1 is 1.21 bits per heavy atom. The molecule has 0 spiro atoms. The number of amides is 1. The summed E-state index contributed by atoms with van der Waals surface area (Å²) in [5.41, 5.74) is 0. The molecule has 2 atom stereocenters. The maximum absolute atomic E-state index is 12.0. The lowest BCUT2D eigenvalue weighted by molar-refractivity contribution is -0.125. The number of rotatable bonds is 3. The summed E-state index contributed by atoms with van der Waals surface area (Å²) in [4.78, 5) is 12.0. The van der Waals surface area contributed by atoms with Gasteiger partial charge in [0, 0.05) is 0 Å². The monoisotopic (exact) mass is 284 g/mol. The van der Waals surface area contributed by atoms with Gasteiger partial charge in [0.2, 0.25) is 5.91 Å². The Balaban J connectivity index is 1.91. The van der Waals surface area contributed by atoms with Crippen molar-refractivity contribution in [3.05, 3.63) is 0 Å². The van der Waals surface area contributed by atoms with Crippen LogP contribution < -0.4 is 5.32 Å². The van der Waals surface area contributed by atoms with Gasteiger partial charge in [-0.05, 0) is 25.2 Å². The van der Waals surface area contributed by atoms with Gasteiger partial charge in [0.15, 0.2) is 9.84 Å². The number of hydrogen-bond donors (Lipinski definition) is 1. The Morgan fingerprint density at radius 3 is 2.42 bits per heavy atom. The fraction of sp³-hybridized carbons (Fsp3) is 0.846. The second kappa shape index (κ2) is 5.91. The quantitative estimate of drug-likeness (QED) is 0.838. The van der Waals surface area contributed by atoms with E-state index in [0.717, 1.165) is 25.7 Å². The summed E-state index contributed by atoms with van der Waals surface area (Å²) in [6.07, 6.45) is 5.75. The largest absolute Gasteiger partial charge is 0.340 e. The molecule has 0 aromatic rings. The molecule has 1 aliphatic heterocycles. The van der Waals surface area contributed by atoms with Crippen LogP contribution in [0.5, 0.6) is 0 Å². The third-order valence-corrected chi connectivity index (χ3v) is 5.93. The average Bonchev–Trinajstić information content (AvgIpc) is 2.77. The maximum atomic E-state index is 12.0. The van der Waals surface area contributed by atoms with Crippen LogP contribution >= 0.6 is 0 Å². The van der Waals surface area contributed by atoms with Crippen LogP contribution in [-0.2, 0) is 14.6 Å². The molecule has 0 bridgehead atoms. The molecule has 5 nitrogen and oxygen atoms in total. The van der Waals surface area contributed by atoms with Gasteiger partial charge in [-0.15, -0.1) is 0 Å². The molecule has 0 aromatic carbocycles. The number of nitriles is 1. The fourth-order valence-electron chi connectivity index (χ4n) is 3.00. The van der Waals surface area contributed by atoms with Gasteiger partial charge >= 0.3 is 0 Å². The highest BCUT2D eigenvalue weighted by atomic mass is 32.2. The Kier molecular flexibility index (Phi) is 4.46. The molecule has 2 unspecified atom stereocenters. The molecular formula is C13H20N2O3S. The molecule has 0 aromatic heterocycles. The Hall–Kier alpha value is -1.09. The first-order valence-corrected chi connectivity index (χ1v) is 8.74. The molecule has 1 N–H and O–H groups in total. The topological polar surface area (TPSA) is 87.0 Å². The van der Waals surface area contributed by atoms with E-state index in [2.05, 4.69) is 11.4 Å². The second-order valence-corrected chi connectivity index (χ2v) is 7.84. The standard InChI is InChI=1S/C13H20N2O3S/c14-8-12(10-4-2-1-3-5-10)15-13(16)11-6-7-19(17,18)9-11/h10-12H,1-7,9H2,(H,15,16). The summed E-state index contributed by atoms with van der Waals surface area (Å²) < 4.78 is 22.7. The zero-order valence-corrected chi connectivity index (χ0v) is 11.8. The summed E-state index contributed by atoms with van der Waals surface area (Å²) in [5, 5.41) is 11.9. The summed E-state index contributed by atoms with van der Waals surface area (Å²) in [6.45, 7) is 0. The van der Waals surface area contributed by atoms with E-state index >= 15 is 0 Å². The van der Waals surface area contributed by atoms with Crippen LogP contribution in [0.3, 0.4) is 0 Å². The Labute approximate surface area is 114 Å². The Morgan fingerprint density at radius 2 is 1.89 bits per heavy atom. The van der Waals surface area contributed by atoms with E-state index in [1.165, 1.54) is 6.42 Å². The zero-order valence-electron chi connectivity index (χ0n) is 11.0. The molecule has 106 valence electrons. The molecule has 6 heteroatoms. The van der Waals surface area contributed by atoms with Crippen LogP contribution in [0.2, 0.25) is 0 Å². The summed E-state index contributed by atoms with van der Waals surface area (Å²) in [6, 6.07) is 1.70. The number of carbonyl (C=O) groups is 1. The minimum Gasteiger partial charge on any atom is -0.340 e. The van der Waals surface area contributed by atoms with Gasteiger partial charge in [0.05, 0.1) is 23.5 Å². The molecule has 2 fully saturated rings. The van der Waals surface area contributed by atoms with E-state index in [0.29, 0.717) is 6.42 Å². The van der Waals surface area contributed by atoms with Crippen molar-refractivity contribution >= 4 is 15.7 Å². The summed E-state index contributed by atoms with van der Waals surface area (Å²) >= 11 is 0. The predicted molar refractivity (Wildman–Crippen MR) is 70.9 cm³/mol. The van der Waals surface area contributed by atoms with Crippen LogP contribution in [-0.4, -0.2) is 31.9 Å². The van der Waals surface area contributed by atoms with Crippen molar-refractivity contribution in [2.45, 2.75) is 44.6 Å². The number of carbonyl (C=O) groups excluding carboxylic acids is 1. The van der Waals surface area contributed by atoms with E-state index in [1.807, 2.05) is 0 Å². The van der Waals surface area contributed by atoms with Gasteiger partial charge in [-0.3, -0.25) is 4.79 Å². The maximum Gasteiger partial charge on any atom is 0.225 e. The Bertz CT molecular complexity index is 475. The van der Waals surface area contributed by atoms with E-state index < -0.39 is 21.8 Å². The van der Waals surface area contributed by atoms with Gasteiger partial charge in [-0.1, -0.05) is 19.3 Å². The third-order valence-electron chi connectivity index (χ3n) is 4.16. The molecule has 1 heterocycles. The van der Waals surface area contributed by atoms with E-state index in [9.17, 15) is 18.5 Å². The summed E-state index contributed by atoms with van der Waals surface area (Å²) in [7, 11) is -3.05. The average molecular weight is 284 g/mol.